The molecule has 1 aliphatic rings. The Morgan fingerprint density at radius 3 is 2.86 bits per heavy atom. The van der Waals surface area contributed by atoms with Crippen molar-refractivity contribution in [1.29, 1.82) is 0 Å². The highest BCUT2D eigenvalue weighted by molar-refractivity contribution is 8.76. The van der Waals surface area contributed by atoms with Gasteiger partial charge in [-0.25, -0.2) is 9.78 Å². The third-order valence-corrected chi connectivity index (χ3v) is 6.46. The molecule has 4 N–H and O–H groups in total. The van der Waals surface area contributed by atoms with E-state index in [1.54, 1.807) is 6.20 Å². The lowest BCUT2D eigenvalue weighted by Gasteiger charge is -2.23. The molecule has 0 bridgehead atoms. The fourth-order valence-corrected chi connectivity index (χ4v) is 4.68. The topological polar surface area (TPSA) is 147 Å². The van der Waals surface area contributed by atoms with E-state index in [-0.39, 0.29) is 12.3 Å². The second-order valence-electron chi connectivity index (χ2n) is 6.17. The molecule has 0 unspecified atom stereocenters. The minimum absolute atomic E-state index is 0.171. The number of carbonyl (C=O) groups excluding carboxylic acids is 1. The molecule has 1 saturated heterocycles. The fraction of sp³-hybridized carbons (Fsp3) is 0.412. The van der Waals surface area contributed by atoms with Crippen molar-refractivity contribution < 1.29 is 19.7 Å². The maximum atomic E-state index is 12.3. The molecule has 0 spiro atoms. The van der Waals surface area contributed by atoms with Crippen molar-refractivity contribution >= 4 is 27.5 Å². The normalized spacial score (nSPS) is 23.8. The number of aliphatic hydroxyl groups is 2. The molecule has 12 heteroatoms. The molecular weight excluding hydrogens is 420 g/mol. The summed E-state index contributed by atoms with van der Waals surface area (Å²) in [5.74, 6) is 0.163. The average Bonchev–Trinajstić information content (AvgIpc) is 3.01. The number of nitrogens with zero attached hydrogens (tertiary/aromatic N) is 2. The van der Waals surface area contributed by atoms with E-state index in [1.165, 1.54) is 27.8 Å². The summed E-state index contributed by atoms with van der Waals surface area (Å²) in [6.07, 6.45) is -0.178. The molecule has 10 nitrogen and oxygen atoms in total. The number of hydrogen-bond acceptors (Lipinski definition) is 9. The van der Waals surface area contributed by atoms with E-state index in [1.807, 2.05) is 18.2 Å². The number of amides is 1. The van der Waals surface area contributed by atoms with Gasteiger partial charge in [-0.1, -0.05) is 16.9 Å². The Hall–Kier alpha value is -2.12. The lowest BCUT2D eigenvalue weighted by atomic mass is 10.1. The van der Waals surface area contributed by atoms with Gasteiger partial charge in [0, 0.05) is 30.6 Å². The second-order valence-corrected chi connectivity index (χ2v) is 8.61. The smallest absolute Gasteiger partial charge is 0.330 e. The van der Waals surface area contributed by atoms with Gasteiger partial charge in [0.05, 0.1) is 6.61 Å². The average molecular weight is 441 g/mol. The lowest BCUT2D eigenvalue weighted by molar-refractivity contribution is -0.122. The van der Waals surface area contributed by atoms with Crippen LogP contribution in [-0.4, -0.2) is 61.3 Å². The fourth-order valence-electron chi connectivity index (χ4n) is 2.81. The highest BCUT2D eigenvalue weighted by atomic mass is 33.1. The van der Waals surface area contributed by atoms with Gasteiger partial charge >= 0.3 is 5.69 Å². The van der Waals surface area contributed by atoms with Crippen molar-refractivity contribution in [3.8, 4) is 0 Å². The van der Waals surface area contributed by atoms with Crippen LogP contribution in [0.25, 0.3) is 0 Å². The number of aromatic nitrogens is 3. The molecular formula is C17H20N4O6S2. The van der Waals surface area contributed by atoms with E-state index in [2.05, 4.69) is 15.3 Å². The SMILES string of the molecule is O=C(CCSSc1ccccn1)N[C@@H]1[C@H](O)[C@@H](CO)O[C@H]1n1ccc(=O)[nH]c1=O. The van der Waals surface area contributed by atoms with E-state index in [0.717, 1.165) is 15.7 Å². The molecule has 3 rings (SSSR count). The van der Waals surface area contributed by atoms with Gasteiger partial charge in [0.15, 0.2) is 6.23 Å². The molecule has 156 valence electrons. The number of pyridine rings is 1. The molecule has 1 fully saturated rings. The number of hydrogen-bond donors (Lipinski definition) is 4. The Balaban J connectivity index is 1.60. The van der Waals surface area contributed by atoms with Gasteiger partial charge in [-0.2, -0.15) is 0 Å². The largest absolute Gasteiger partial charge is 0.394 e. The molecule has 4 atom stereocenters. The Morgan fingerprint density at radius 2 is 2.17 bits per heavy atom. The van der Waals surface area contributed by atoms with Gasteiger partial charge in [0.2, 0.25) is 5.91 Å². The summed E-state index contributed by atoms with van der Waals surface area (Å²) in [6.45, 7) is -0.487. The number of nitrogens with one attached hydrogen (secondary N) is 2. The summed E-state index contributed by atoms with van der Waals surface area (Å²) in [4.78, 5) is 42.0. The second kappa shape index (κ2) is 10.1. The van der Waals surface area contributed by atoms with Gasteiger partial charge < -0.3 is 20.3 Å². The predicted octanol–water partition coefficient (Wildman–Crippen LogP) is -0.502. The molecule has 3 heterocycles. The van der Waals surface area contributed by atoms with Crippen molar-refractivity contribution in [1.82, 2.24) is 19.9 Å². The maximum Gasteiger partial charge on any atom is 0.330 e. The van der Waals surface area contributed by atoms with Crippen LogP contribution in [0.15, 0.2) is 51.3 Å². The number of H-pyrrole nitrogens is 1. The molecule has 0 aliphatic carbocycles. The van der Waals surface area contributed by atoms with Gasteiger partial charge in [0.1, 0.15) is 23.3 Å². The third-order valence-electron chi connectivity index (χ3n) is 4.20. The highest BCUT2D eigenvalue weighted by Crippen LogP contribution is 2.30. The van der Waals surface area contributed by atoms with Gasteiger partial charge in [-0.15, -0.1) is 0 Å². The summed E-state index contributed by atoms with van der Waals surface area (Å²) in [5.41, 5.74) is -1.32. The van der Waals surface area contributed by atoms with Crippen LogP contribution in [-0.2, 0) is 9.53 Å². The van der Waals surface area contributed by atoms with Crippen molar-refractivity contribution in [3.63, 3.8) is 0 Å². The molecule has 2 aromatic heterocycles. The zero-order valence-corrected chi connectivity index (χ0v) is 16.8. The van der Waals surface area contributed by atoms with Crippen LogP contribution in [0, 0.1) is 0 Å². The summed E-state index contributed by atoms with van der Waals surface area (Å²) in [6, 6.07) is 5.73. The standard InChI is InChI=1S/C17H20N4O6S2/c22-9-10-15(25)14(16(27-10)21-7-4-11(23)20-17(21)26)19-12(24)5-8-28-29-13-3-1-2-6-18-13/h1-4,6-7,10,14-16,22,25H,5,8-9H2,(H,19,24)(H,20,23,26)/t10-,14-,15-,16-/m1/s1. The Morgan fingerprint density at radius 1 is 1.34 bits per heavy atom. The number of rotatable bonds is 8. The zero-order valence-electron chi connectivity index (χ0n) is 15.1. The molecule has 1 amide bonds. The molecule has 0 radical (unpaired) electrons. The minimum atomic E-state index is -1.22. The summed E-state index contributed by atoms with van der Waals surface area (Å²) in [5, 5.41) is 23.3. The van der Waals surface area contributed by atoms with Crippen LogP contribution in [0.4, 0.5) is 0 Å². The first-order chi connectivity index (χ1) is 14.0. The van der Waals surface area contributed by atoms with E-state index in [4.69, 9.17) is 4.74 Å². The Kier molecular flexibility index (Phi) is 7.50. The first-order valence-corrected chi connectivity index (χ1v) is 11.1. The summed E-state index contributed by atoms with van der Waals surface area (Å²) in [7, 11) is 2.91. The first-order valence-electron chi connectivity index (χ1n) is 8.75. The van der Waals surface area contributed by atoms with Crippen molar-refractivity contribution in [2.45, 2.75) is 35.9 Å². The number of aliphatic hydroxyl groups excluding tert-OH is 2. The van der Waals surface area contributed by atoms with Crippen LogP contribution in [0.1, 0.15) is 12.6 Å². The number of aromatic amines is 1. The van der Waals surface area contributed by atoms with Gasteiger partial charge in [0.25, 0.3) is 5.56 Å². The van der Waals surface area contributed by atoms with Crippen molar-refractivity contribution in [2.75, 3.05) is 12.4 Å². The molecule has 2 aromatic rings. The van der Waals surface area contributed by atoms with Gasteiger partial charge in [-0.05, 0) is 22.9 Å². The minimum Gasteiger partial charge on any atom is -0.394 e. The Bertz CT molecular complexity index is 937. The predicted molar refractivity (Wildman–Crippen MR) is 107 cm³/mol. The lowest BCUT2D eigenvalue weighted by Crippen LogP contribution is -2.48. The Labute approximate surface area is 173 Å². The quantitative estimate of drug-likeness (QED) is 0.315. The van der Waals surface area contributed by atoms with Crippen LogP contribution in [0.3, 0.4) is 0 Å². The number of ether oxygens (including phenoxy) is 1. The zero-order chi connectivity index (χ0) is 20.8. The molecule has 0 aromatic carbocycles. The van der Waals surface area contributed by atoms with E-state index in [9.17, 15) is 24.6 Å². The van der Waals surface area contributed by atoms with Crippen LogP contribution in [0.5, 0.6) is 0 Å². The van der Waals surface area contributed by atoms with Gasteiger partial charge in [-0.3, -0.25) is 19.1 Å². The van der Waals surface area contributed by atoms with Crippen LogP contribution in [0.2, 0.25) is 0 Å². The van der Waals surface area contributed by atoms with E-state index < -0.39 is 42.3 Å². The first kappa shape index (κ1) is 21.6. The van der Waals surface area contributed by atoms with Crippen LogP contribution >= 0.6 is 21.6 Å². The third kappa shape index (κ3) is 5.48. The monoisotopic (exact) mass is 440 g/mol. The number of carbonyl (C=O) groups is 1. The van der Waals surface area contributed by atoms with Crippen molar-refractivity contribution in [2.24, 2.45) is 0 Å². The molecule has 0 saturated carbocycles. The van der Waals surface area contributed by atoms with E-state index in [0.29, 0.717) is 5.75 Å². The summed E-state index contributed by atoms with van der Waals surface area (Å²) >= 11 is 0. The summed E-state index contributed by atoms with van der Waals surface area (Å²) < 4.78 is 6.60. The van der Waals surface area contributed by atoms with E-state index >= 15 is 0 Å². The molecule has 29 heavy (non-hydrogen) atoms. The highest BCUT2D eigenvalue weighted by Gasteiger charge is 2.45. The molecule has 1 aliphatic heterocycles. The van der Waals surface area contributed by atoms with Crippen LogP contribution < -0.4 is 16.6 Å². The van der Waals surface area contributed by atoms with Crippen molar-refractivity contribution in [3.05, 3.63) is 57.5 Å². The maximum absolute atomic E-state index is 12.3.